The SMILES string of the molecule is CC(C)NC(=O)C#CCN(C)C. The molecule has 0 aliphatic carbocycles. The number of hydrogen-bond acceptors (Lipinski definition) is 2. The van der Waals surface area contributed by atoms with Crippen molar-refractivity contribution >= 4 is 5.91 Å². The molecule has 0 unspecified atom stereocenters. The van der Waals surface area contributed by atoms with Crippen molar-refractivity contribution in [3.05, 3.63) is 0 Å². The summed E-state index contributed by atoms with van der Waals surface area (Å²) < 4.78 is 0. The molecule has 0 rings (SSSR count). The van der Waals surface area contributed by atoms with Gasteiger partial charge in [0.05, 0.1) is 6.54 Å². The van der Waals surface area contributed by atoms with Crippen LogP contribution >= 0.6 is 0 Å². The smallest absolute Gasteiger partial charge is 0.296 e. The number of rotatable bonds is 2. The Hall–Kier alpha value is -1.01. The molecule has 0 aromatic rings. The van der Waals surface area contributed by atoms with E-state index in [1.54, 1.807) is 0 Å². The quantitative estimate of drug-likeness (QED) is 0.592. The first-order valence-corrected chi connectivity index (χ1v) is 3.96. The molecule has 0 aromatic heterocycles. The lowest BCUT2D eigenvalue weighted by molar-refractivity contribution is -0.116. The second-order valence-corrected chi connectivity index (χ2v) is 3.17. The van der Waals surface area contributed by atoms with Crippen molar-refractivity contribution in [3.63, 3.8) is 0 Å². The van der Waals surface area contributed by atoms with Gasteiger partial charge in [-0.05, 0) is 33.9 Å². The van der Waals surface area contributed by atoms with Crippen LogP contribution in [0, 0.1) is 11.8 Å². The van der Waals surface area contributed by atoms with Crippen LogP contribution in [0.3, 0.4) is 0 Å². The van der Waals surface area contributed by atoms with Crippen LogP contribution in [0.4, 0.5) is 0 Å². The molecule has 0 atom stereocenters. The zero-order valence-corrected chi connectivity index (χ0v) is 8.14. The second kappa shape index (κ2) is 5.62. The van der Waals surface area contributed by atoms with Gasteiger partial charge in [-0.15, -0.1) is 0 Å². The van der Waals surface area contributed by atoms with Gasteiger partial charge in [0.25, 0.3) is 5.91 Å². The minimum absolute atomic E-state index is 0.158. The van der Waals surface area contributed by atoms with Crippen molar-refractivity contribution in [3.8, 4) is 11.8 Å². The molecular weight excluding hydrogens is 152 g/mol. The minimum Gasteiger partial charge on any atom is -0.343 e. The lowest BCUT2D eigenvalue weighted by Gasteiger charge is -2.03. The maximum absolute atomic E-state index is 10.9. The van der Waals surface area contributed by atoms with Crippen LogP contribution < -0.4 is 5.32 Å². The Morgan fingerprint density at radius 1 is 1.50 bits per heavy atom. The van der Waals surface area contributed by atoms with Gasteiger partial charge in [0.1, 0.15) is 0 Å². The maximum Gasteiger partial charge on any atom is 0.296 e. The normalized spacial score (nSPS) is 9.50. The second-order valence-electron chi connectivity index (χ2n) is 3.17. The monoisotopic (exact) mass is 168 g/mol. The lowest BCUT2D eigenvalue weighted by atomic mass is 10.4. The molecule has 0 bridgehead atoms. The Balaban J connectivity index is 3.72. The van der Waals surface area contributed by atoms with Gasteiger partial charge in [0, 0.05) is 6.04 Å². The van der Waals surface area contributed by atoms with E-state index in [9.17, 15) is 4.79 Å². The molecule has 0 spiro atoms. The Kier molecular flexibility index (Phi) is 5.14. The van der Waals surface area contributed by atoms with Gasteiger partial charge in [0.15, 0.2) is 0 Å². The van der Waals surface area contributed by atoms with Crippen LogP contribution in [0.1, 0.15) is 13.8 Å². The van der Waals surface area contributed by atoms with E-state index in [1.165, 1.54) is 0 Å². The topological polar surface area (TPSA) is 32.3 Å². The van der Waals surface area contributed by atoms with Gasteiger partial charge in [-0.1, -0.05) is 5.92 Å². The number of nitrogens with one attached hydrogen (secondary N) is 1. The van der Waals surface area contributed by atoms with Gasteiger partial charge in [-0.2, -0.15) is 0 Å². The van der Waals surface area contributed by atoms with E-state index in [4.69, 9.17) is 0 Å². The zero-order chi connectivity index (χ0) is 9.56. The van der Waals surface area contributed by atoms with Crippen LogP contribution in [0.5, 0.6) is 0 Å². The van der Waals surface area contributed by atoms with E-state index < -0.39 is 0 Å². The average Bonchev–Trinajstić information content (AvgIpc) is 1.84. The summed E-state index contributed by atoms with van der Waals surface area (Å²) in [6.07, 6.45) is 0. The molecule has 0 fully saturated rings. The van der Waals surface area contributed by atoms with Crippen LogP contribution in [-0.2, 0) is 4.79 Å². The summed E-state index contributed by atoms with van der Waals surface area (Å²) >= 11 is 0. The molecule has 3 nitrogen and oxygen atoms in total. The number of hydrogen-bond donors (Lipinski definition) is 1. The third kappa shape index (κ3) is 7.10. The van der Waals surface area contributed by atoms with E-state index in [-0.39, 0.29) is 11.9 Å². The summed E-state index contributed by atoms with van der Waals surface area (Å²) in [5.74, 6) is 5.06. The molecule has 0 saturated heterocycles. The Morgan fingerprint density at radius 3 is 2.50 bits per heavy atom. The van der Waals surface area contributed by atoms with Gasteiger partial charge in [-0.3, -0.25) is 9.69 Å². The van der Waals surface area contributed by atoms with Crippen LogP contribution in [-0.4, -0.2) is 37.5 Å². The van der Waals surface area contributed by atoms with Crippen LogP contribution in [0.15, 0.2) is 0 Å². The summed E-state index contributed by atoms with van der Waals surface area (Å²) in [5.41, 5.74) is 0. The zero-order valence-electron chi connectivity index (χ0n) is 8.14. The molecule has 1 N–H and O–H groups in total. The maximum atomic E-state index is 10.9. The third-order valence-corrected chi connectivity index (χ3v) is 1.02. The van der Waals surface area contributed by atoms with Crippen molar-refractivity contribution in [2.24, 2.45) is 0 Å². The van der Waals surface area contributed by atoms with Crippen LogP contribution in [0.2, 0.25) is 0 Å². The van der Waals surface area contributed by atoms with Gasteiger partial charge < -0.3 is 5.32 Å². The number of carbonyl (C=O) groups is 1. The summed E-state index contributed by atoms with van der Waals surface area (Å²) in [5, 5.41) is 2.69. The number of nitrogens with zero attached hydrogens (tertiary/aromatic N) is 1. The van der Waals surface area contributed by atoms with Gasteiger partial charge in [0.2, 0.25) is 0 Å². The predicted molar refractivity (Wildman–Crippen MR) is 49.6 cm³/mol. The summed E-state index contributed by atoms with van der Waals surface area (Å²) in [4.78, 5) is 12.8. The fraction of sp³-hybridized carbons (Fsp3) is 0.667. The largest absolute Gasteiger partial charge is 0.343 e. The lowest BCUT2D eigenvalue weighted by Crippen LogP contribution is -2.28. The summed E-state index contributed by atoms with van der Waals surface area (Å²) in [6, 6.07) is 0.158. The molecule has 0 heterocycles. The van der Waals surface area contributed by atoms with E-state index in [0.717, 1.165) is 0 Å². The molecule has 1 amide bonds. The predicted octanol–water partition coefficient (Wildman–Crippen LogP) is 0.0760. The molecule has 3 heteroatoms. The summed E-state index contributed by atoms with van der Waals surface area (Å²) in [6.45, 7) is 4.43. The van der Waals surface area contributed by atoms with Gasteiger partial charge in [-0.25, -0.2) is 0 Å². The molecule has 12 heavy (non-hydrogen) atoms. The third-order valence-electron chi connectivity index (χ3n) is 1.02. The number of carbonyl (C=O) groups excluding carboxylic acids is 1. The standard InChI is InChI=1S/C9H16N2O/c1-8(2)10-9(12)6-5-7-11(3)4/h8H,7H2,1-4H3,(H,10,12). The average molecular weight is 168 g/mol. The van der Waals surface area contributed by atoms with Crippen molar-refractivity contribution in [2.75, 3.05) is 20.6 Å². The highest BCUT2D eigenvalue weighted by atomic mass is 16.1. The minimum atomic E-state index is -0.202. The first-order valence-electron chi connectivity index (χ1n) is 3.96. The van der Waals surface area contributed by atoms with Crippen molar-refractivity contribution < 1.29 is 4.79 Å². The fourth-order valence-corrected chi connectivity index (χ4v) is 0.576. The van der Waals surface area contributed by atoms with E-state index >= 15 is 0 Å². The molecule has 68 valence electrons. The molecular formula is C9H16N2O. The van der Waals surface area contributed by atoms with E-state index in [0.29, 0.717) is 6.54 Å². The van der Waals surface area contributed by atoms with E-state index in [1.807, 2.05) is 32.8 Å². The van der Waals surface area contributed by atoms with E-state index in [2.05, 4.69) is 17.2 Å². The van der Waals surface area contributed by atoms with Crippen molar-refractivity contribution in [1.82, 2.24) is 10.2 Å². The Morgan fingerprint density at radius 2 is 2.08 bits per heavy atom. The highest BCUT2D eigenvalue weighted by Gasteiger charge is 1.96. The molecule has 0 radical (unpaired) electrons. The van der Waals surface area contributed by atoms with Crippen LogP contribution in [0.25, 0.3) is 0 Å². The Labute approximate surface area is 74.1 Å². The molecule has 0 saturated carbocycles. The van der Waals surface area contributed by atoms with Gasteiger partial charge >= 0.3 is 0 Å². The first-order chi connectivity index (χ1) is 5.52. The van der Waals surface area contributed by atoms with Crippen molar-refractivity contribution in [2.45, 2.75) is 19.9 Å². The number of amides is 1. The Bertz CT molecular complexity index is 198. The molecule has 0 aliphatic heterocycles. The fourth-order valence-electron chi connectivity index (χ4n) is 0.576. The highest BCUT2D eigenvalue weighted by molar-refractivity contribution is 5.93. The molecule has 0 aliphatic rings. The first kappa shape index (κ1) is 11.0. The van der Waals surface area contributed by atoms with Crippen molar-refractivity contribution in [1.29, 1.82) is 0 Å². The molecule has 0 aromatic carbocycles. The summed E-state index contributed by atoms with van der Waals surface area (Å²) in [7, 11) is 3.82. The highest BCUT2D eigenvalue weighted by Crippen LogP contribution is 1.75.